The molecule has 17 heteroatoms. The van der Waals surface area contributed by atoms with Crippen LogP contribution in [0.5, 0.6) is 0 Å². The molecular weight excluding hydrogens is 962 g/mol. The summed E-state index contributed by atoms with van der Waals surface area (Å²) < 4.78 is 0. The molecule has 0 aliphatic carbocycles. The third-order valence-corrected chi connectivity index (χ3v) is 11.0. The van der Waals surface area contributed by atoms with Gasteiger partial charge in [0.1, 0.15) is 0 Å². The van der Waals surface area contributed by atoms with Crippen molar-refractivity contribution in [2.75, 3.05) is 10.6 Å². The van der Waals surface area contributed by atoms with Crippen molar-refractivity contribution in [1.29, 1.82) is 0 Å². The summed E-state index contributed by atoms with van der Waals surface area (Å²) >= 11 is 0. The number of nitrogens with zero attached hydrogens (tertiary/aromatic N) is 8. The van der Waals surface area contributed by atoms with Crippen LogP contribution in [0.25, 0.3) is 87.5 Å². The third-order valence-electron chi connectivity index (χ3n) is 11.0. The average Bonchev–Trinajstić information content (AvgIpc) is 3.36. The minimum absolute atomic E-state index is 0. The normalized spacial score (nSPS) is 10.9. The summed E-state index contributed by atoms with van der Waals surface area (Å²) in [6.07, 6.45) is 10.8. The molecule has 2 amide bonds. The molecule has 0 radical (unpaired) electrons. The van der Waals surface area contributed by atoms with Crippen LogP contribution in [0, 0.1) is 0 Å². The molecule has 16 nitrogen and oxygen atoms in total. The van der Waals surface area contributed by atoms with E-state index in [1.165, 1.54) is 0 Å². The number of para-hydroxylation sites is 2. The van der Waals surface area contributed by atoms with Gasteiger partial charge in [-0.1, -0.05) is 24.3 Å². The molecule has 0 aliphatic heterocycles. The van der Waals surface area contributed by atoms with E-state index in [9.17, 15) is 29.4 Å². The van der Waals surface area contributed by atoms with Gasteiger partial charge in [0.05, 0.1) is 66.5 Å². The minimum Gasteiger partial charge on any atom is -0.550 e. The van der Waals surface area contributed by atoms with Crippen molar-refractivity contribution in [3.05, 3.63) is 146 Å². The first-order valence-corrected chi connectivity index (χ1v) is 21.6. The second kappa shape index (κ2) is 21.4. The summed E-state index contributed by atoms with van der Waals surface area (Å²) in [6.45, 7) is 0. The zero-order chi connectivity index (χ0) is 47.0. The molecule has 340 valence electrons. The molecule has 2 N–H and O–H groups in total. The number of aliphatic carboxylic acids is 2. The Bertz CT molecular complexity index is 3520. The topological polar surface area (TPSA) is 242 Å². The monoisotopic (exact) mass is 1000 g/mol. The maximum absolute atomic E-state index is 12.0. The van der Waals surface area contributed by atoms with Crippen molar-refractivity contribution in [1.82, 2.24) is 39.9 Å². The van der Waals surface area contributed by atoms with E-state index in [0.29, 0.717) is 11.4 Å². The molecule has 0 bridgehead atoms. The Labute approximate surface area is 408 Å². The molecule has 11 aromatic rings. The molecule has 11 rings (SSSR count). The second-order valence-electron chi connectivity index (χ2n) is 15.6. The van der Waals surface area contributed by atoms with Crippen LogP contribution in [0.2, 0.25) is 0 Å². The summed E-state index contributed by atoms with van der Waals surface area (Å²) in [5.41, 5.74) is 9.56. The van der Waals surface area contributed by atoms with Crippen molar-refractivity contribution in [2.24, 2.45) is 0 Å². The summed E-state index contributed by atoms with van der Waals surface area (Å²) in [5, 5.41) is 31.8. The number of amides is 2. The molecule has 0 spiro atoms. The van der Waals surface area contributed by atoms with Crippen molar-refractivity contribution in [3.63, 3.8) is 0 Å². The molecule has 0 unspecified atom stereocenters. The van der Waals surface area contributed by atoms with E-state index in [2.05, 4.69) is 40.5 Å². The number of benzene rings is 4. The largest absolute Gasteiger partial charge is 2.00 e. The molecular formula is C52H40N10O6Ru+2. The predicted molar refractivity (Wildman–Crippen MR) is 259 cm³/mol. The first kappa shape index (κ1) is 47.0. The number of hydrogen-bond acceptors (Lipinski definition) is 14. The second-order valence-corrected chi connectivity index (χ2v) is 15.6. The van der Waals surface area contributed by atoms with Crippen molar-refractivity contribution < 1.29 is 51.7 Å². The van der Waals surface area contributed by atoms with E-state index in [4.69, 9.17) is 9.97 Å². The summed E-state index contributed by atoms with van der Waals surface area (Å²) in [4.78, 5) is 80.9. The summed E-state index contributed by atoms with van der Waals surface area (Å²) in [5.74, 6) is -2.77. The van der Waals surface area contributed by atoms with Crippen LogP contribution in [0.3, 0.4) is 0 Å². The molecule has 0 aliphatic rings. The van der Waals surface area contributed by atoms with E-state index in [-0.39, 0.29) is 72.7 Å². The van der Waals surface area contributed by atoms with Crippen molar-refractivity contribution >= 4 is 123 Å². The first-order chi connectivity index (χ1) is 33.2. The molecule has 7 heterocycles. The van der Waals surface area contributed by atoms with E-state index < -0.39 is 11.9 Å². The smallest absolute Gasteiger partial charge is 0.550 e. The number of hydrogen-bond donors (Lipinski definition) is 2. The fraction of sp³-hybridized carbons (Fsp3) is 0.115. The van der Waals surface area contributed by atoms with E-state index in [1.54, 1.807) is 49.3 Å². The number of anilines is 2. The van der Waals surface area contributed by atoms with Gasteiger partial charge in [-0.05, 0) is 111 Å². The van der Waals surface area contributed by atoms with Gasteiger partial charge in [-0.15, -0.1) is 0 Å². The number of nitrogens with one attached hydrogen (secondary N) is 2. The number of rotatable bonds is 10. The Balaban J connectivity index is 0.000000171. The van der Waals surface area contributed by atoms with Gasteiger partial charge in [0.15, 0.2) is 0 Å². The Kier molecular flexibility index (Phi) is 14.6. The summed E-state index contributed by atoms with van der Waals surface area (Å²) in [6, 6.07) is 34.3. The van der Waals surface area contributed by atoms with Gasteiger partial charge in [-0.3, -0.25) is 39.5 Å². The Morgan fingerprint density at radius 3 is 1.12 bits per heavy atom. The van der Waals surface area contributed by atoms with E-state index in [1.807, 2.05) is 97.1 Å². The maximum Gasteiger partial charge on any atom is 2.00 e. The Hall–Kier alpha value is -8.56. The van der Waals surface area contributed by atoms with Gasteiger partial charge in [0, 0.05) is 94.3 Å². The van der Waals surface area contributed by atoms with Gasteiger partial charge >= 0.3 is 22.3 Å². The zero-order valence-corrected chi connectivity index (χ0v) is 38.2. The number of carboxylic acids is 2. The molecule has 0 atom stereocenters. The van der Waals surface area contributed by atoms with Crippen LogP contribution in [0.15, 0.2) is 146 Å². The molecule has 0 saturated heterocycles. The maximum atomic E-state index is 12.0. The third kappa shape index (κ3) is 10.5. The number of fused-ring (bicyclic) bond motifs is 13. The van der Waals surface area contributed by atoms with Gasteiger partial charge in [0.2, 0.25) is 11.8 Å². The quantitative estimate of drug-likeness (QED) is 0.0772. The van der Waals surface area contributed by atoms with Crippen LogP contribution < -0.4 is 20.8 Å². The number of aromatic nitrogens is 8. The molecule has 0 fully saturated rings. The van der Waals surface area contributed by atoms with Gasteiger partial charge in [-0.2, -0.15) is 0 Å². The minimum atomic E-state index is -1.15. The molecule has 0 saturated carbocycles. The molecule has 69 heavy (non-hydrogen) atoms. The van der Waals surface area contributed by atoms with Crippen LogP contribution in [-0.4, -0.2) is 63.6 Å². The van der Waals surface area contributed by atoms with Crippen LogP contribution in [-0.2, 0) is 38.7 Å². The van der Waals surface area contributed by atoms with Gasteiger partial charge in [0.25, 0.3) is 0 Å². The predicted octanol–water partition coefficient (Wildman–Crippen LogP) is 7.39. The van der Waals surface area contributed by atoms with Crippen molar-refractivity contribution in [2.45, 2.75) is 38.5 Å². The van der Waals surface area contributed by atoms with Crippen molar-refractivity contribution in [3.8, 4) is 0 Å². The number of carbonyl (C=O) groups excluding carboxylic acids is 4. The van der Waals surface area contributed by atoms with Crippen LogP contribution in [0.4, 0.5) is 11.4 Å². The standard InChI is InChI=1S/C18H10N4.2C17H15N3O3.Ru/c1-2-8-14-13(7-1)21-17-11-5-3-9-19-15(11)16-12(18(17)22-14)6-4-10-20-16;2*21-14(6-1-7-15(22)23)20-13-10-11-4-2-8-18-16(11)17-12(13)5-3-9-19-17;/h1-10H;2*2-5,8-10H,1,6-7H2,(H,20,21)(H,22,23);/q;;;+2. The van der Waals surface area contributed by atoms with E-state index >= 15 is 0 Å². The number of carbonyl (C=O) groups is 4. The SMILES string of the molecule is O=C([O-])CCCC(=O)Nc1cc2cccnc2c2ncccc12.O=C([O-])CCCC(=O)Nc1cc2cccnc2c2ncccc12.[H+].[H+].[Ru+2].c1ccc2nc3c4cccnc4c4ncccc4c3nc2c1. The fourth-order valence-corrected chi connectivity index (χ4v) is 7.92. The van der Waals surface area contributed by atoms with E-state index in [0.717, 1.165) is 87.5 Å². The Morgan fingerprint density at radius 1 is 0.406 bits per heavy atom. The van der Waals surface area contributed by atoms with Gasteiger partial charge in [-0.25, -0.2) is 9.97 Å². The Morgan fingerprint density at radius 2 is 0.739 bits per heavy atom. The zero-order valence-electron chi connectivity index (χ0n) is 38.5. The molecule has 4 aromatic carbocycles. The van der Waals surface area contributed by atoms with Crippen LogP contribution >= 0.6 is 0 Å². The number of pyridine rings is 6. The average molecular weight is 1000 g/mol. The summed E-state index contributed by atoms with van der Waals surface area (Å²) in [7, 11) is 0. The fourth-order valence-electron chi connectivity index (χ4n) is 7.92. The first-order valence-electron chi connectivity index (χ1n) is 21.6. The van der Waals surface area contributed by atoms with Gasteiger partial charge < -0.3 is 30.4 Å². The van der Waals surface area contributed by atoms with Crippen LogP contribution in [0.1, 0.15) is 41.4 Å². The number of carboxylic acid groups (broad SMARTS) is 2. The molecule has 7 aromatic heterocycles.